The second-order valence-corrected chi connectivity index (χ2v) is 29.5. The zero-order valence-electron chi connectivity index (χ0n) is 46.0. The van der Waals surface area contributed by atoms with Gasteiger partial charge in [0.05, 0.1) is 0 Å². The molecule has 0 N–H and O–H groups in total. The first-order valence-corrected chi connectivity index (χ1v) is 30.6. The van der Waals surface area contributed by atoms with Crippen molar-refractivity contribution in [3.63, 3.8) is 0 Å². The number of hydrogen-bond acceptors (Lipinski definition) is 0. The maximum Gasteiger partial charge on any atom is -0.153 e. The van der Waals surface area contributed by atoms with Crippen molar-refractivity contribution in [2.24, 2.45) is 0 Å². The third-order valence-corrected chi connectivity index (χ3v) is 22.5. The van der Waals surface area contributed by atoms with E-state index in [1.807, 2.05) is 0 Å². The van der Waals surface area contributed by atoms with Gasteiger partial charge >= 0.3 is 409 Å². The molecule has 0 aliphatic heterocycles. The van der Waals surface area contributed by atoms with Crippen molar-refractivity contribution < 1.29 is 0 Å². The second kappa shape index (κ2) is 26.9. The molecule has 0 spiro atoms. The van der Waals surface area contributed by atoms with E-state index in [2.05, 4.69) is 215 Å². The fraction of sp³-hybridized carbons (Fsp3) is 0.600. The van der Waals surface area contributed by atoms with Gasteiger partial charge in [-0.1, -0.05) is 0 Å². The quantitative estimate of drug-likeness (QED) is 0.0775. The van der Waals surface area contributed by atoms with Crippen LogP contribution in [0.25, 0.3) is 0 Å². The molecule has 0 heterocycles. The normalized spacial score (nSPS) is 12.1. The Hall–Kier alpha value is -0.663. The first kappa shape index (κ1) is 61.4. The Bertz CT molecular complexity index is 1660. The molecule has 0 aliphatic carbocycles. The number of hydrogen-bond donors (Lipinski definition) is 0. The Balaban J connectivity index is 0.000000621. The first-order chi connectivity index (χ1) is 28.7. The van der Waals surface area contributed by atoms with Crippen LogP contribution in [-0.4, -0.2) is 42.3 Å². The van der Waals surface area contributed by atoms with Crippen molar-refractivity contribution in [1.29, 1.82) is 0 Å². The van der Waals surface area contributed by atoms with Gasteiger partial charge in [-0.3, -0.25) is 0 Å². The molecule has 0 amide bonds. The van der Waals surface area contributed by atoms with Crippen molar-refractivity contribution in [1.82, 2.24) is 0 Å². The Morgan fingerprint density at radius 1 is 0.203 bits per heavy atom. The van der Waals surface area contributed by atoms with E-state index in [1.165, 1.54) is 22.3 Å². The van der Waals surface area contributed by atoms with Crippen LogP contribution >= 0.6 is 19.8 Å². The number of rotatable bonds is 16. The summed E-state index contributed by atoms with van der Waals surface area (Å²) in [6, 6.07) is 20.4. The molecule has 2 unspecified atom stereocenters. The molecular weight excluding hydrogens is 1020 g/mol. The molecule has 4 rings (SSSR count). The Kier molecular flexibility index (Phi) is 25.8. The molecule has 0 aromatic heterocycles. The Morgan fingerprint density at radius 2 is 0.312 bits per heavy atom. The van der Waals surface area contributed by atoms with E-state index in [-0.39, 0.29) is 19.8 Å². The largest absolute Gasteiger partial charge is 0.153 e. The smallest absolute Gasteiger partial charge is 0.153 e. The van der Waals surface area contributed by atoms with Crippen LogP contribution < -0.4 is 14.3 Å². The summed E-state index contributed by atoms with van der Waals surface area (Å²) in [5.74, 6) is 6.93. The predicted molar refractivity (Wildman–Crippen MR) is 307 cm³/mol. The summed E-state index contributed by atoms with van der Waals surface area (Å²) >= 11 is -1.95. The first-order valence-electron chi connectivity index (χ1n) is 24.9. The second-order valence-electron chi connectivity index (χ2n) is 22.4. The Morgan fingerprint density at radius 3 is 0.391 bits per heavy atom. The molecule has 0 aliphatic rings. The minimum Gasteiger partial charge on any atom is -0.153 e. The van der Waals surface area contributed by atoms with Crippen molar-refractivity contribution >= 4 is 76.4 Å². The van der Waals surface area contributed by atoms with Crippen LogP contribution in [0.4, 0.5) is 0 Å². The fourth-order valence-corrected chi connectivity index (χ4v) is 21.6. The minimum absolute atomic E-state index is 0. The third kappa shape index (κ3) is 15.7. The SMILES string of the molecule is CC(C)c1cc(C(C)C)[c]([Sn][c]2c(C(C)C)cc(C(C)C)cc2C(C)C)c(C(C)C)c1.CC(C)c1cc(C(C)C)[c]([Sn][c]2c(C(C)C)cc(C(C)C)cc2C(C)C)c(C(C)C)c1.P.P. The van der Waals surface area contributed by atoms with Crippen molar-refractivity contribution in [2.45, 2.75) is 237 Å². The van der Waals surface area contributed by atoms with Crippen LogP contribution in [-0.2, 0) is 0 Å². The van der Waals surface area contributed by atoms with Gasteiger partial charge in [-0.15, -0.1) is 0 Å². The topological polar surface area (TPSA) is 0 Å². The fourth-order valence-electron chi connectivity index (χ4n) is 8.65. The van der Waals surface area contributed by atoms with Gasteiger partial charge in [0.15, 0.2) is 0 Å². The molecule has 0 saturated heterocycles. The molecule has 64 heavy (non-hydrogen) atoms. The zero-order valence-corrected chi connectivity index (χ0v) is 54.5. The molecule has 4 aromatic rings. The standard InChI is InChI=1S/4C15H23.2H3P.2Sn/c4*1-10(2)13-7-14(11(3)4)9-15(8-13)12(5)6;;;;/h4*7-8,10-12H,1-6H3;2*1H3;;. The van der Waals surface area contributed by atoms with Gasteiger partial charge < -0.3 is 0 Å². The van der Waals surface area contributed by atoms with E-state index in [9.17, 15) is 0 Å². The van der Waals surface area contributed by atoms with E-state index in [4.69, 9.17) is 0 Å². The molecule has 0 bridgehead atoms. The average molecular weight is 1120 g/mol. The van der Waals surface area contributed by atoms with E-state index < -0.39 is 42.3 Å². The molecule has 0 saturated carbocycles. The van der Waals surface area contributed by atoms with Gasteiger partial charge in [-0.05, 0) is 0 Å². The molecule has 2 atom stereocenters. The zero-order chi connectivity index (χ0) is 47.2. The molecule has 0 fully saturated rings. The van der Waals surface area contributed by atoms with E-state index in [0.717, 1.165) is 0 Å². The van der Waals surface area contributed by atoms with E-state index in [1.54, 1.807) is 58.8 Å². The van der Waals surface area contributed by atoms with Crippen molar-refractivity contribution in [3.8, 4) is 0 Å². The van der Waals surface area contributed by atoms with Crippen molar-refractivity contribution in [3.05, 3.63) is 115 Å². The van der Waals surface area contributed by atoms with E-state index >= 15 is 0 Å². The van der Waals surface area contributed by atoms with Crippen molar-refractivity contribution in [2.75, 3.05) is 0 Å². The van der Waals surface area contributed by atoms with Crippen LogP contribution in [0.15, 0.2) is 48.5 Å². The van der Waals surface area contributed by atoms with Crippen LogP contribution in [0.3, 0.4) is 0 Å². The van der Waals surface area contributed by atoms with Crippen LogP contribution in [0.1, 0.15) is 304 Å². The third-order valence-electron chi connectivity index (χ3n) is 13.0. The van der Waals surface area contributed by atoms with Crippen LogP contribution in [0.5, 0.6) is 0 Å². The maximum absolute atomic E-state index is 2.55. The van der Waals surface area contributed by atoms with E-state index in [0.29, 0.717) is 71.0 Å². The molecule has 4 heteroatoms. The minimum atomic E-state index is -0.973. The monoisotopic (exact) mass is 1120 g/mol. The predicted octanol–water partition coefficient (Wildman–Crippen LogP) is 16.3. The molecule has 356 valence electrons. The van der Waals surface area contributed by atoms with Gasteiger partial charge in [0.1, 0.15) is 0 Å². The summed E-state index contributed by atoms with van der Waals surface area (Å²) in [7, 11) is 0. The van der Waals surface area contributed by atoms with Gasteiger partial charge in [0.2, 0.25) is 0 Å². The summed E-state index contributed by atoms with van der Waals surface area (Å²) in [5.41, 5.74) is 19.0. The summed E-state index contributed by atoms with van der Waals surface area (Å²) in [5, 5.41) is 0. The maximum atomic E-state index is 2.55. The molecule has 0 nitrogen and oxygen atoms in total. The van der Waals surface area contributed by atoms with Gasteiger partial charge in [-0.2, -0.15) is 19.8 Å². The van der Waals surface area contributed by atoms with Crippen LogP contribution in [0.2, 0.25) is 0 Å². The van der Waals surface area contributed by atoms with Gasteiger partial charge in [-0.25, -0.2) is 0 Å². The summed E-state index contributed by atoms with van der Waals surface area (Å²) in [6.07, 6.45) is 0. The summed E-state index contributed by atoms with van der Waals surface area (Å²) < 4.78 is 7.00. The van der Waals surface area contributed by atoms with Gasteiger partial charge in [0.25, 0.3) is 0 Å². The molecule has 4 aromatic carbocycles. The summed E-state index contributed by atoms with van der Waals surface area (Å²) in [4.78, 5) is 0. The van der Waals surface area contributed by atoms with Crippen LogP contribution in [0, 0.1) is 0 Å². The molecule has 4 radical (unpaired) electrons. The average Bonchev–Trinajstić information content (AvgIpc) is 3.16. The molecular formula is C60H98P2Sn2. The Labute approximate surface area is 425 Å². The van der Waals surface area contributed by atoms with Gasteiger partial charge in [0, 0.05) is 0 Å². The summed E-state index contributed by atoms with van der Waals surface area (Å²) in [6.45, 7) is 56.9. The number of benzene rings is 4.